The van der Waals surface area contributed by atoms with Gasteiger partial charge in [-0.15, -0.1) is 24.0 Å². The van der Waals surface area contributed by atoms with E-state index in [-0.39, 0.29) is 36.0 Å². The summed E-state index contributed by atoms with van der Waals surface area (Å²) in [6, 6.07) is 0. The predicted molar refractivity (Wildman–Crippen MR) is 112 cm³/mol. The molecule has 0 aromatic rings. The number of amides is 1. The normalized spacial score (nSPS) is 17.1. The van der Waals surface area contributed by atoms with Gasteiger partial charge in [-0.25, -0.2) is 0 Å². The van der Waals surface area contributed by atoms with Crippen molar-refractivity contribution < 1.29 is 14.3 Å². The number of hydrogen-bond acceptors (Lipinski definition) is 4. The van der Waals surface area contributed by atoms with E-state index in [9.17, 15) is 4.79 Å². The van der Waals surface area contributed by atoms with Crippen molar-refractivity contribution in [1.82, 2.24) is 15.1 Å². The lowest BCUT2D eigenvalue weighted by Crippen LogP contribution is -2.45. The molecule has 0 spiro atoms. The number of halogens is 1. The minimum absolute atomic E-state index is 0. The average molecular weight is 470 g/mol. The van der Waals surface area contributed by atoms with Crippen LogP contribution in [0.3, 0.4) is 0 Å². The van der Waals surface area contributed by atoms with Crippen molar-refractivity contribution in [3.05, 3.63) is 0 Å². The van der Waals surface area contributed by atoms with E-state index in [4.69, 9.17) is 9.47 Å². The zero-order valence-electron chi connectivity index (χ0n) is 16.1. The predicted octanol–water partition coefficient (Wildman–Crippen LogP) is 1.57. The first-order valence-corrected chi connectivity index (χ1v) is 9.08. The van der Waals surface area contributed by atoms with Gasteiger partial charge in [-0.05, 0) is 33.6 Å². The van der Waals surface area contributed by atoms with E-state index in [0.717, 1.165) is 45.0 Å². The second-order valence-electron chi connectivity index (χ2n) is 5.87. The third-order valence-corrected chi connectivity index (χ3v) is 4.01. The molecule has 1 fully saturated rings. The van der Waals surface area contributed by atoms with E-state index < -0.39 is 0 Å². The number of nitrogens with one attached hydrogen (secondary N) is 1. The van der Waals surface area contributed by atoms with Crippen LogP contribution in [0.2, 0.25) is 0 Å². The van der Waals surface area contributed by atoms with Gasteiger partial charge >= 0.3 is 0 Å². The zero-order valence-corrected chi connectivity index (χ0v) is 18.5. The lowest BCUT2D eigenvalue weighted by molar-refractivity contribution is -0.131. The van der Waals surface area contributed by atoms with E-state index in [1.54, 1.807) is 0 Å². The molecule has 0 aromatic carbocycles. The van der Waals surface area contributed by atoms with Gasteiger partial charge in [-0.2, -0.15) is 0 Å². The first kappa shape index (κ1) is 24.4. The molecule has 0 radical (unpaired) electrons. The van der Waals surface area contributed by atoms with E-state index in [2.05, 4.69) is 10.3 Å². The van der Waals surface area contributed by atoms with Gasteiger partial charge in [-0.1, -0.05) is 0 Å². The highest BCUT2D eigenvalue weighted by atomic mass is 127. The minimum atomic E-state index is 0. The van der Waals surface area contributed by atoms with E-state index in [1.807, 2.05) is 37.6 Å². The van der Waals surface area contributed by atoms with Gasteiger partial charge in [0.2, 0.25) is 5.91 Å². The Balaban J connectivity index is 0.00000576. The molecule has 1 rings (SSSR count). The molecule has 1 N–H and O–H groups in total. The number of guanidine groups is 1. The van der Waals surface area contributed by atoms with Crippen LogP contribution in [0, 0.1) is 0 Å². The molecule has 0 aliphatic carbocycles. The topological polar surface area (TPSA) is 66.4 Å². The van der Waals surface area contributed by atoms with Crippen LogP contribution < -0.4 is 5.32 Å². The van der Waals surface area contributed by atoms with Gasteiger partial charge in [0.15, 0.2) is 5.96 Å². The quantitative estimate of drug-likeness (QED) is 0.227. The van der Waals surface area contributed by atoms with Crippen molar-refractivity contribution in [3.8, 4) is 0 Å². The highest BCUT2D eigenvalue weighted by Gasteiger charge is 2.16. The number of nitrogens with zero attached hydrogens (tertiary/aromatic N) is 3. The number of rotatable bonds is 10. The molecule has 8 heteroatoms. The molecule has 1 heterocycles. The van der Waals surface area contributed by atoms with Gasteiger partial charge in [0, 0.05) is 33.3 Å². The van der Waals surface area contributed by atoms with Crippen LogP contribution in [0.25, 0.3) is 0 Å². The number of ether oxygens (including phenoxy) is 2. The Morgan fingerprint density at radius 2 is 2.04 bits per heavy atom. The maximum Gasteiger partial charge on any atom is 0.242 e. The Kier molecular flexibility index (Phi) is 14.2. The first-order chi connectivity index (χ1) is 11.6. The van der Waals surface area contributed by atoms with Crippen molar-refractivity contribution in [2.75, 3.05) is 59.6 Å². The van der Waals surface area contributed by atoms with Gasteiger partial charge in [0.1, 0.15) is 0 Å². The van der Waals surface area contributed by atoms with E-state index in [0.29, 0.717) is 26.3 Å². The summed E-state index contributed by atoms with van der Waals surface area (Å²) in [5.74, 6) is 0.849. The molecule has 1 unspecified atom stereocenters. The van der Waals surface area contributed by atoms with Crippen LogP contribution in [-0.2, 0) is 14.3 Å². The van der Waals surface area contributed by atoms with Gasteiger partial charge in [-0.3, -0.25) is 9.79 Å². The molecular formula is C17H35IN4O3. The molecule has 0 aromatic heterocycles. The molecule has 25 heavy (non-hydrogen) atoms. The van der Waals surface area contributed by atoms with Crippen molar-refractivity contribution in [1.29, 1.82) is 0 Å². The monoisotopic (exact) mass is 470 g/mol. The summed E-state index contributed by atoms with van der Waals surface area (Å²) < 4.78 is 11.1. The Bertz CT molecular complexity index is 386. The van der Waals surface area contributed by atoms with Gasteiger partial charge in [0.25, 0.3) is 0 Å². The summed E-state index contributed by atoms with van der Waals surface area (Å²) in [6.07, 6.45) is 2.46. The molecule has 1 aliphatic heterocycles. The summed E-state index contributed by atoms with van der Waals surface area (Å²) in [6.45, 7) is 11.2. The van der Waals surface area contributed by atoms with Crippen molar-refractivity contribution in [3.63, 3.8) is 0 Å². The maximum absolute atomic E-state index is 12.2. The van der Waals surface area contributed by atoms with Crippen molar-refractivity contribution in [2.24, 2.45) is 4.99 Å². The highest BCUT2D eigenvalue weighted by molar-refractivity contribution is 14.0. The Morgan fingerprint density at radius 3 is 2.60 bits per heavy atom. The summed E-state index contributed by atoms with van der Waals surface area (Å²) in [5, 5.41) is 3.22. The fourth-order valence-corrected chi connectivity index (χ4v) is 2.63. The van der Waals surface area contributed by atoms with Crippen LogP contribution in [-0.4, -0.2) is 87.4 Å². The lowest BCUT2D eigenvalue weighted by Gasteiger charge is -2.25. The molecule has 1 saturated heterocycles. The van der Waals surface area contributed by atoms with Crippen LogP contribution in [0.1, 0.15) is 33.6 Å². The average Bonchev–Trinajstić information content (AvgIpc) is 3.08. The number of carbonyl (C=O) groups excluding carboxylic acids is 1. The van der Waals surface area contributed by atoms with Crippen molar-refractivity contribution in [2.45, 2.75) is 39.7 Å². The summed E-state index contributed by atoms with van der Waals surface area (Å²) in [7, 11) is 1.89. The molecule has 7 nitrogen and oxygen atoms in total. The molecule has 0 bridgehead atoms. The Hall–Kier alpha value is -0.610. The molecule has 1 aliphatic rings. The van der Waals surface area contributed by atoms with Crippen LogP contribution in [0.4, 0.5) is 0 Å². The lowest BCUT2D eigenvalue weighted by atomic mass is 10.2. The Labute approximate surface area is 169 Å². The van der Waals surface area contributed by atoms with E-state index >= 15 is 0 Å². The molecule has 0 saturated carbocycles. The van der Waals surface area contributed by atoms with Crippen molar-refractivity contribution >= 4 is 35.8 Å². The number of hydrogen-bond donors (Lipinski definition) is 1. The zero-order chi connectivity index (χ0) is 17.8. The summed E-state index contributed by atoms with van der Waals surface area (Å²) in [4.78, 5) is 20.4. The smallest absolute Gasteiger partial charge is 0.242 e. The highest BCUT2D eigenvalue weighted by Crippen LogP contribution is 2.11. The molecule has 1 amide bonds. The van der Waals surface area contributed by atoms with Crippen LogP contribution in [0.15, 0.2) is 4.99 Å². The third-order valence-electron chi connectivity index (χ3n) is 4.01. The molecule has 148 valence electrons. The number of aliphatic imine (C=N–C) groups is 1. The number of likely N-dealkylation sites (N-methyl/N-ethyl adjacent to an activating group) is 2. The molecular weight excluding hydrogens is 435 g/mol. The SMILES string of the molecule is CCNC(=NCCOCC1CCCO1)N(C)CC(=O)N(CC)CC.I. The van der Waals surface area contributed by atoms with Crippen LogP contribution in [0.5, 0.6) is 0 Å². The second-order valence-corrected chi connectivity index (χ2v) is 5.87. The minimum Gasteiger partial charge on any atom is -0.377 e. The van der Waals surface area contributed by atoms with Gasteiger partial charge in [0.05, 0.1) is 32.4 Å². The maximum atomic E-state index is 12.2. The largest absolute Gasteiger partial charge is 0.377 e. The van der Waals surface area contributed by atoms with Crippen LogP contribution >= 0.6 is 24.0 Å². The first-order valence-electron chi connectivity index (χ1n) is 9.08. The summed E-state index contributed by atoms with van der Waals surface area (Å²) >= 11 is 0. The van der Waals surface area contributed by atoms with Gasteiger partial charge < -0.3 is 24.6 Å². The standard InChI is InChI=1S/C17H34N4O3.HI/c1-5-18-17(20(4)13-16(22)21(6-2)7-3)19-10-12-23-14-15-9-8-11-24-15;/h15H,5-14H2,1-4H3,(H,18,19);1H. The third kappa shape index (κ3) is 9.60. The van der Waals surface area contributed by atoms with E-state index in [1.165, 1.54) is 0 Å². The fourth-order valence-electron chi connectivity index (χ4n) is 2.63. The second kappa shape index (κ2) is 14.5. The number of carbonyl (C=O) groups is 1. The fraction of sp³-hybridized carbons (Fsp3) is 0.882. The summed E-state index contributed by atoms with van der Waals surface area (Å²) in [5.41, 5.74) is 0. The Morgan fingerprint density at radius 1 is 1.32 bits per heavy atom. The molecule has 1 atom stereocenters.